The lowest BCUT2D eigenvalue weighted by Crippen LogP contribution is -2.25. The van der Waals surface area contributed by atoms with Gasteiger partial charge >= 0.3 is 0 Å². The topological polar surface area (TPSA) is 9.23 Å². The summed E-state index contributed by atoms with van der Waals surface area (Å²) >= 11 is 0. The molecule has 4 rings (SSSR count). The van der Waals surface area contributed by atoms with Crippen LogP contribution in [0.1, 0.15) is 95.1 Å². The number of allylic oxidation sites excluding steroid dienone is 2. The molecule has 2 saturated carbocycles. The summed E-state index contributed by atoms with van der Waals surface area (Å²) in [5.41, 5.74) is 5.43. The molecule has 0 heterocycles. The van der Waals surface area contributed by atoms with Crippen LogP contribution in [0.25, 0.3) is 11.1 Å². The molecule has 2 aromatic rings. The van der Waals surface area contributed by atoms with Crippen LogP contribution in [0.2, 0.25) is 0 Å². The van der Waals surface area contributed by atoms with Gasteiger partial charge in [0.2, 0.25) is 0 Å². The van der Waals surface area contributed by atoms with Gasteiger partial charge in [-0.25, -0.2) is 0 Å². The second-order valence-electron chi connectivity index (χ2n) is 10.5. The number of hydrogen-bond donors (Lipinski definition) is 0. The van der Waals surface area contributed by atoms with E-state index in [4.69, 9.17) is 4.74 Å². The molecule has 2 aliphatic carbocycles. The fourth-order valence-corrected chi connectivity index (χ4v) is 6.14. The van der Waals surface area contributed by atoms with Gasteiger partial charge in [-0.3, -0.25) is 0 Å². The van der Waals surface area contributed by atoms with Gasteiger partial charge in [-0.15, -0.1) is 0 Å². The maximum absolute atomic E-state index is 5.66. The maximum atomic E-state index is 5.66. The molecule has 0 amide bonds. The standard InChI is InChI=1S/C32H44O/c1-3-5-6-25-7-11-27(12-8-25)29-15-19-31(20-16-29)32-21-17-30(18-22-32)28-13-9-26(10-14-28)24-33-23-4-2/h5-6,9-10,13-14,17-18,21-22,25,27,29,31H,3-4,7-8,11-12,15-16,19-20,23-24H2,1-2H3/b6-5+/t25-,27-,29?,31?. The molecule has 0 spiro atoms. The Morgan fingerprint density at radius 1 is 0.727 bits per heavy atom. The average molecular weight is 445 g/mol. The number of benzene rings is 2. The molecule has 0 atom stereocenters. The van der Waals surface area contributed by atoms with E-state index in [1.807, 2.05) is 0 Å². The Hall–Kier alpha value is -1.86. The summed E-state index contributed by atoms with van der Waals surface area (Å²) in [6, 6.07) is 18.3. The number of ether oxygens (including phenoxy) is 1. The maximum Gasteiger partial charge on any atom is 0.0716 e. The van der Waals surface area contributed by atoms with Crippen LogP contribution >= 0.6 is 0 Å². The summed E-state index contributed by atoms with van der Waals surface area (Å²) in [5.74, 6) is 3.60. The number of hydrogen-bond acceptors (Lipinski definition) is 1. The number of rotatable bonds is 9. The van der Waals surface area contributed by atoms with E-state index in [1.54, 1.807) is 5.56 Å². The molecule has 0 N–H and O–H groups in total. The van der Waals surface area contributed by atoms with E-state index in [-0.39, 0.29) is 0 Å². The molecule has 2 aliphatic rings. The van der Waals surface area contributed by atoms with Crippen LogP contribution in [0.5, 0.6) is 0 Å². The molecule has 1 nitrogen and oxygen atoms in total. The molecule has 0 unspecified atom stereocenters. The van der Waals surface area contributed by atoms with Crippen molar-refractivity contribution in [2.45, 2.75) is 90.6 Å². The van der Waals surface area contributed by atoms with E-state index in [1.165, 1.54) is 74.5 Å². The van der Waals surface area contributed by atoms with Crippen molar-refractivity contribution in [1.29, 1.82) is 0 Å². The minimum absolute atomic E-state index is 0.715. The van der Waals surface area contributed by atoms with Gasteiger partial charge in [-0.2, -0.15) is 0 Å². The van der Waals surface area contributed by atoms with Crippen molar-refractivity contribution in [2.24, 2.45) is 17.8 Å². The Labute approximate surface area is 202 Å². The lowest BCUT2D eigenvalue weighted by Gasteiger charge is -2.37. The molecule has 1 heteroatoms. The van der Waals surface area contributed by atoms with E-state index < -0.39 is 0 Å². The minimum atomic E-state index is 0.715. The fourth-order valence-electron chi connectivity index (χ4n) is 6.14. The molecule has 178 valence electrons. The van der Waals surface area contributed by atoms with E-state index in [0.29, 0.717) is 6.61 Å². The van der Waals surface area contributed by atoms with Crippen molar-refractivity contribution in [3.63, 3.8) is 0 Å². The molecule has 0 aromatic heterocycles. The van der Waals surface area contributed by atoms with Crippen LogP contribution in [0.15, 0.2) is 60.7 Å². The molecule has 33 heavy (non-hydrogen) atoms. The Bertz CT molecular complexity index is 831. The molecule has 0 radical (unpaired) electrons. The monoisotopic (exact) mass is 444 g/mol. The largest absolute Gasteiger partial charge is 0.377 e. The van der Waals surface area contributed by atoms with Crippen molar-refractivity contribution in [1.82, 2.24) is 0 Å². The van der Waals surface area contributed by atoms with Gasteiger partial charge in [0, 0.05) is 6.61 Å². The lowest BCUT2D eigenvalue weighted by atomic mass is 9.68. The van der Waals surface area contributed by atoms with Gasteiger partial charge in [-0.05, 0) is 110 Å². The first-order valence-electron chi connectivity index (χ1n) is 13.7. The molecule has 0 bridgehead atoms. The first-order valence-corrected chi connectivity index (χ1v) is 13.7. The summed E-state index contributed by atoms with van der Waals surface area (Å²) < 4.78 is 5.66. The third-order valence-electron chi connectivity index (χ3n) is 8.19. The van der Waals surface area contributed by atoms with Gasteiger partial charge in [0.25, 0.3) is 0 Å². The molecule has 0 saturated heterocycles. The zero-order valence-electron chi connectivity index (χ0n) is 21.0. The highest BCUT2D eigenvalue weighted by molar-refractivity contribution is 5.64. The van der Waals surface area contributed by atoms with Crippen LogP contribution in [-0.4, -0.2) is 6.61 Å². The molecular formula is C32H44O. The predicted molar refractivity (Wildman–Crippen MR) is 141 cm³/mol. The van der Waals surface area contributed by atoms with Crippen LogP contribution in [0.3, 0.4) is 0 Å². The highest BCUT2D eigenvalue weighted by Gasteiger charge is 2.30. The molecule has 2 aromatic carbocycles. The van der Waals surface area contributed by atoms with Crippen LogP contribution < -0.4 is 0 Å². The zero-order valence-corrected chi connectivity index (χ0v) is 21.0. The van der Waals surface area contributed by atoms with Crippen molar-refractivity contribution in [3.8, 4) is 11.1 Å². The van der Waals surface area contributed by atoms with E-state index >= 15 is 0 Å². The fraction of sp³-hybridized carbons (Fsp3) is 0.562. The Morgan fingerprint density at radius 3 is 1.88 bits per heavy atom. The Kier molecular flexibility index (Phi) is 9.24. The SMILES string of the molecule is CC/C=C/[C@H]1CC[C@H](C2CCC(c3ccc(-c4ccc(COCCC)cc4)cc3)CC2)CC1. The van der Waals surface area contributed by atoms with Gasteiger partial charge < -0.3 is 4.74 Å². The Balaban J connectivity index is 1.25. The van der Waals surface area contributed by atoms with Crippen molar-refractivity contribution in [2.75, 3.05) is 6.61 Å². The van der Waals surface area contributed by atoms with Crippen molar-refractivity contribution >= 4 is 0 Å². The summed E-state index contributed by atoms with van der Waals surface area (Å²) in [7, 11) is 0. The van der Waals surface area contributed by atoms with Gasteiger partial charge in [0.15, 0.2) is 0 Å². The predicted octanol–water partition coefficient (Wildman–Crippen LogP) is 9.33. The van der Waals surface area contributed by atoms with Crippen molar-refractivity contribution in [3.05, 3.63) is 71.8 Å². The summed E-state index contributed by atoms with van der Waals surface area (Å²) in [5, 5.41) is 0. The minimum Gasteiger partial charge on any atom is -0.377 e. The quantitative estimate of drug-likeness (QED) is 0.276. The first kappa shape index (κ1) is 24.3. The molecule has 0 aliphatic heterocycles. The van der Waals surface area contributed by atoms with Gasteiger partial charge in [0.05, 0.1) is 6.61 Å². The second kappa shape index (κ2) is 12.6. The molecule has 2 fully saturated rings. The highest BCUT2D eigenvalue weighted by Crippen LogP contribution is 2.44. The first-order chi connectivity index (χ1) is 16.3. The lowest BCUT2D eigenvalue weighted by molar-refractivity contribution is 0.121. The summed E-state index contributed by atoms with van der Waals surface area (Å²) in [6.45, 7) is 5.95. The van der Waals surface area contributed by atoms with Gasteiger partial charge in [-0.1, -0.05) is 74.5 Å². The zero-order chi connectivity index (χ0) is 22.9. The van der Waals surface area contributed by atoms with Crippen molar-refractivity contribution < 1.29 is 4.74 Å². The van der Waals surface area contributed by atoms with E-state index in [2.05, 4.69) is 74.5 Å². The van der Waals surface area contributed by atoms with E-state index in [0.717, 1.165) is 36.7 Å². The summed E-state index contributed by atoms with van der Waals surface area (Å²) in [4.78, 5) is 0. The van der Waals surface area contributed by atoms with Gasteiger partial charge in [0.1, 0.15) is 0 Å². The normalized spacial score (nSPS) is 26.0. The third kappa shape index (κ3) is 6.82. The van der Waals surface area contributed by atoms with E-state index in [9.17, 15) is 0 Å². The smallest absolute Gasteiger partial charge is 0.0716 e. The Morgan fingerprint density at radius 2 is 1.30 bits per heavy atom. The third-order valence-corrected chi connectivity index (χ3v) is 8.19. The second-order valence-corrected chi connectivity index (χ2v) is 10.5. The van der Waals surface area contributed by atoms with Crippen LogP contribution in [0, 0.1) is 17.8 Å². The summed E-state index contributed by atoms with van der Waals surface area (Å²) in [6.07, 6.45) is 18.5. The molecular weight excluding hydrogens is 400 g/mol. The highest BCUT2D eigenvalue weighted by atomic mass is 16.5. The van der Waals surface area contributed by atoms with Crippen LogP contribution in [0.4, 0.5) is 0 Å². The average Bonchev–Trinajstić information content (AvgIpc) is 2.89. The van der Waals surface area contributed by atoms with Crippen LogP contribution in [-0.2, 0) is 11.3 Å².